The number of aryl methyl sites for hydroxylation is 1. The van der Waals surface area contributed by atoms with Crippen molar-refractivity contribution in [3.63, 3.8) is 0 Å². The van der Waals surface area contributed by atoms with Crippen LogP contribution < -0.4 is 26.4 Å². The van der Waals surface area contributed by atoms with Gasteiger partial charge in [-0.3, -0.25) is 48.9 Å². The van der Waals surface area contributed by atoms with E-state index in [0.717, 1.165) is 71.5 Å². The summed E-state index contributed by atoms with van der Waals surface area (Å²) in [6.45, 7) is 5.89. The van der Waals surface area contributed by atoms with Crippen molar-refractivity contribution in [1.29, 1.82) is 0 Å². The summed E-state index contributed by atoms with van der Waals surface area (Å²) >= 11 is 0. The second-order valence-corrected chi connectivity index (χ2v) is 14.6. The maximum atomic E-state index is 15.1. The monoisotopic (exact) mass is 749 g/mol. The van der Waals surface area contributed by atoms with Crippen LogP contribution in [-0.4, -0.2) is 98.6 Å². The van der Waals surface area contributed by atoms with Gasteiger partial charge in [-0.15, -0.1) is 0 Å². The van der Waals surface area contributed by atoms with Crippen LogP contribution in [0.2, 0.25) is 0 Å². The fraction of sp³-hybridized carbons (Fsp3) is 0.385. The smallest absolute Gasteiger partial charge is 0.270 e. The minimum atomic E-state index is -1.10. The van der Waals surface area contributed by atoms with Crippen LogP contribution in [0.5, 0.6) is 0 Å². The van der Waals surface area contributed by atoms with E-state index in [1.165, 1.54) is 6.07 Å². The number of nitrogens with zero attached hydrogens (tertiary/aromatic N) is 5. The van der Waals surface area contributed by atoms with Gasteiger partial charge in [0.05, 0.1) is 35.0 Å². The first-order valence-corrected chi connectivity index (χ1v) is 18.6. The summed E-state index contributed by atoms with van der Waals surface area (Å²) in [5, 5.41) is 8.28. The lowest BCUT2D eigenvalue weighted by atomic mass is 9.85. The third-order valence-electron chi connectivity index (χ3n) is 11.0. The van der Waals surface area contributed by atoms with Gasteiger partial charge in [0.25, 0.3) is 17.4 Å². The molecular formula is C39H40FN9O6. The molecule has 6 heterocycles. The number of aromatic amines is 1. The Hall–Kier alpha value is -6.03. The van der Waals surface area contributed by atoms with Gasteiger partial charge < -0.3 is 20.5 Å². The molecule has 1 atom stereocenters. The van der Waals surface area contributed by atoms with Crippen molar-refractivity contribution in [3.8, 4) is 0 Å². The van der Waals surface area contributed by atoms with Crippen LogP contribution in [0.1, 0.15) is 70.1 Å². The van der Waals surface area contributed by atoms with Crippen molar-refractivity contribution >= 4 is 51.9 Å². The van der Waals surface area contributed by atoms with E-state index >= 15 is 4.39 Å². The fourth-order valence-corrected chi connectivity index (χ4v) is 7.85. The van der Waals surface area contributed by atoms with Gasteiger partial charge >= 0.3 is 0 Å². The maximum Gasteiger partial charge on any atom is 0.270 e. The quantitative estimate of drug-likeness (QED) is 0.183. The molecule has 15 nitrogen and oxygen atoms in total. The summed E-state index contributed by atoms with van der Waals surface area (Å²) < 4.78 is 15.1. The molecule has 8 rings (SSSR count). The Labute approximate surface area is 314 Å². The van der Waals surface area contributed by atoms with Crippen molar-refractivity contribution in [1.82, 2.24) is 35.4 Å². The lowest BCUT2D eigenvalue weighted by molar-refractivity contribution is -0.143. The van der Waals surface area contributed by atoms with Crippen LogP contribution in [-0.2, 0) is 33.8 Å². The summed E-state index contributed by atoms with van der Waals surface area (Å²) in [5.74, 6) is -3.44. The number of anilines is 2. The van der Waals surface area contributed by atoms with Crippen molar-refractivity contribution in [3.05, 3.63) is 92.9 Å². The highest BCUT2D eigenvalue weighted by molar-refractivity contribution is 6.14. The number of rotatable bonds is 9. The number of H-pyrrole nitrogens is 1. The number of piperazine rings is 1. The predicted octanol–water partition coefficient (Wildman–Crippen LogP) is 2.04. The number of aromatic nitrogens is 3. The Bertz CT molecular complexity index is 2280. The average molecular weight is 750 g/mol. The fourth-order valence-electron chi connectivity index (χ4n) is 7.85. The summed E-state index contributed by atoms with van der Waals surface area (Å²) in [5.41, 5.74) is 4.82. The van der Waals surface area contributed by atoms with Crippen LogP contribution >= 0.6 is 0 Å². The molecule has 5 amide bonds. The number of halogens is 1. The average Bonchev–Trinajstić information content (AvgIpc) is 3.15. The molecule has 1 unspecified atom stereocenters. The molecule has 2 saturated heterocycles. The van der Waals surface area contributed by atoms with Gasteiger partial charge in [-0.1, -0.05) is 6.92 Å². The minimum Gasteiger partial charge on any atom is -0.380 e. The molecule has 0 spiro atoms. The first kappa shape index (κ1) is 36.0. The summed E-state index contributed by atoms with van der Waals surface area (Å²) in [6, 6.07) is 8.41. The number of nitrogens with one attached hydrogen (secondary N) is 4. The normalized spacial score (nSPS) is 21.6. The number of piperidine rings is 1. The standard InChI is InChI=1S/C39H40FN9O6/c1-2-22-14-30-31(45-36(22)52)13-21(18-41-30)20-47-9-11-48(12-10-47)25-3-6-29(42-19-25)37(53)44-24-15-23(16-24)43-35-27-17-34(51)49(32-7-8-33(50)46-38(32)54)39(55)26(27)4-5-28(35)40/h3-6,13-14,18-19,23-24,32,43H,2,7-12,15-17,20H2,1H3,(H,44,53)(H,45,52)(H,46,50,54). The second kappa shape index (κ2) is 14.7. The molecule has 3 aromatic heterocycles. The molecular weight excluding hydrogens is 709 g/mol. The van der Waals surface area contributed by atoms with E-state index in [0.29, 0.717) is 19.3 Å². The summed E-state index contributed by atoms with van der Waals surface area (Å²) in [7, 11) is 0. The molecule has 3 fully saturated rings. The van der Waals surface area contributed by atoms with E-state index in [2.05, 4.69) is 40.7 Å². The van der Waals surface area contributed by atoms with Crippen LogP contribution in [0.4, 0.5) is 15.8 Å². The molecule has 55 heavy (non-hydrogen) atoms. The highest BCUT2D eigenvalue weighted by Crippen LogP contribution is 2.34. The highest BCUT2D eigenvalue weighted by Gasteiger charge is 2.43. The minimum absolute atomic E-state index is 0.00862. The zero-order valence-electron chi connectivity index (χ0n) is 30.2. The SMILES string of the molecule is CCc1cc2ncc(CN3CCN(c4ccc(C(=O)NC5CC(Nc6c(F)ccc7c6CC(=O)N(C6CCC(=O)NC6=O)C7=O)C5)nc4)CC3)cc2[nH]c1=O. The van der Waals surface area contributed by atoms with E-state index in [4.69, 9.17) is 0 Å². The number of fused-ring (bicyclic) bond motifs is 2. The maximum absolute atomic E-state index is 15.1. The number of carbonyl (C=O) groups excluding carboxylic acids is 5. The number of imide groups is 2. The molecule has 0 radical (unpaired) electrons. The van der Waals surface area contributed by atoms with E-state index in [-0.39, 0.29) is 65.3 Å². The molecule has 4 aliphatic rings. The molecule has 284 valence electrons. The van der Waals surface area contributed by atoms with Crippen LogP contribution in [0.25, 0.3) is 11.0 Å². The Balaban J connectivity index is 0.817. The Morgan fingerprint density at radius 1 is 0.964 bits per heavy atom. The number of pyridine rings is 3. The molecule has 4 aromatic rings. The zero-order chi connectivity index (χ0) is 38.4. The molecule has 1 aliphatic carbocycles. The first-order chi connectivity index (χ1) is 26.5. The number of benzene rings is 1. The van der Waals surface area contributed by atoms with Gasteiger partial charge in [0.2, 0.25) is 17.7 Å². The third-order valence-corrected chi connectivity index (χ3v) is 11.0. The number of amides is 5. The van der Waals surface area contributed by atoms with Crippen molar-refractivity contribution in [2.45, 2.75) is 70.1 Å². The van der Waals surface area contributed by atoms with Gasteiger partial charge in [-0.2, -0.15) is 0 Å². The number of hydrogen-bond acceptors (Lipinski definition) is 11. The van der Waals surface area contributed by atoms with Crippen LogP contribution in [0.3, 0.4) is 0 Å². The van der Waals surface area contributed by atoms with Gasteiger partial charge in [0, 0.05) is 74.1 Å². The highest BCUT2D eigenvalue weighted by atomic mass is 19.1. The van der Waals surface area contributed by atoms with Crippen molar-refractivity contribution < 1.29 is 28.4 Å². The molecule has 0 bridgehead atoms. The van der Waals surface area contributed by atoms with Crippen molar-refractivity contribution in [2.24, 2.45) is 0 Å². The molecule has 16 heteroatoms. The Morgan fingerprint density at radius 2 is 1.76 bits per heavy atom. The first-order valence-electron chi connectivity index (χ1n) is 18.6. The van der Waals surface area contributed by atoms with Gasteiger partial charge in [0.15, 0.2) is 0 Å². The third kappa shape index (κ3) is 7.16. The molecule has 3 aliphatic heterocycles. The van der Waals surface area contributed by atoms with Crippen LogP contribution in [0.15, 0.2) is 53.6 Å². The van der Waals surface area contributed by atoms with E-state index < -0.39 is 35.5 Å². The van der Waals surface area contributed by atoms with E-state index in [1.54, 1.807) is 12.3 Å². The lowest BCUT2D eigenvalue weighted by Crippen LogP contribution is -2.58. The molecule has 4 N–H and O–H groups in total. The zero-order valence-corrected chi connectivity index (χ0v) is 30.2. The predicted molar refractivity (Wildman–Crippen MR) is 199 cm³/mol. The Morgan fingerprint density at radius 3 is 2.49 bits per heavy atom. The van der Waals surface area contributed by atoms with E-state index in [9.17, 15) is 28.8 Å². The lowest BCUT2D eigenvalue weighted by Gasteiger charge is -2.39. The largest absolute Gasteiger partial charge is 0.380 e. The Kier molecular flexibility index (Phi) is 9.59. The van der Waals surface area contributed by atoms with Gasteiger partial charge in [-0.05, 0) is 67.6 Å². The summed E-state index contributed by atoms with van der Waals surface area (Å²) in [6.07, 6.45) is 4.98. The second-order valence-electron chi connectivity index (χ2n) is 14.6. The number of carbonyl (C=O) groups is 5. The summed E-state index contributed by atoms with van der Waals surface area (Å²) in [4.78, 5) is 93.1. The number of hydrogen-bond donors (Lipinski definition) is 4. The molecule has 1 saturated carbocycles. The van der Waals surface area contributed by atoms with Gasteiger partial charge in [-0.25, -0.2) is 9.37 Å². The van der Waals surface area contributed by atoms with Crippen LogP contribution in [0, 0.1) is 5.82 Å². The van der Waals surface area contributed by atoms with Gasteiger partial charge in [0.1, 0.15) is 17.6 Å². The van der Waals surface area contributed by atoms with Crippen molar-refractivity contribution in [2.75, 3.05) is 36.4 Å². The van der Waals surface area contributed by atoms with E-state index in [1.807, 2.05) is 31.3 Å². The molecule has 1 aromatic carbocycles. The topological polar surface area (TPSA) is 190 Å².